The minimum atomic E-state index is -0.335. The number of rotatable bonds is 18. The van der Waals surface area contributed by atoms with Crippen molar-refractivity contribution >= 4 is 5.97 Å². The predicted molar refractivity (Wildman–Crippen MR) is 169 cm³/mol. The third kappa shape index (κ3) is 10.7. The van der Waals surface area contributed by atoms with Crippen molar-refractivity contribution in [1.29, 1.82) is 5.26 Å². The fourth-order valence-corrected chi connectivity index (χ4v) is 6.25. The summed E-state index contributed by atoms with van der Waals surface area (Å²) >= 11 is 0. The molecule has 0 radical (unpaired) electrons. The highest BCUT2D eigenvalue weighted by Gasteiger charge is 2.36. The van der Waals surface area contributed by atoms with Crippen molar-refractivity contribution in [3.8, 4) is 22.9 Å². The molecule has 41 heavy (non-hydrogen) atoms. The zero-order valence-corrected chi connectivity index (χ0v) is 25.5. The lowest BCUT2D eigenvalue weighted by molar-refractivity contribution is -0.137. The Kier molecular flexibility index (Phi) is 14.0. The van der Waals surface area contributed by atoms with Crippen LogP contribution in [0.2, 0.25) is 0 Å². The van der Waals surface area contributed by atoms with Gasteiger partial charge in [-0.3, -0.25) is 0 Å². The molecule has 0 saturated heterocycles. The summed E-state index contributed by atoms with van der Waals surface area (Å²) < 4.78 is 11.2. The molecule has 1 saturated carbocycles. The number of unbranched alkanes of at least 4 members (excludes halogenated alkanes) is 6. The van der Waals surface area contributed by atoms with Crippen LogP contribution in [0, 0.1) is 16.7 Å². The summed E-state index contributed by atoms with van der Waals surface area (Å²) in [5.74, 6) is 1.08. The second kappa shape index (κ2) is 17.7. The van der Waals surface area contributed by atoms with Gasteiger partial charge < -0.3 is 9.47 Å². The number of hydrogen-bond acceptors (Lipinski definition) is 4. The highest BCUT2D eigenvalue weighted by Crippen LogP contribution is 2.47. The molecule has 3 unspecified atom stereocenters. The Labute approximate surface area is 249 Å². The van der Waals surface area contributed by atoms with Gasteiger partial charge in [0.25, 0.3) is 0 Å². The molecule has 3 atom stereocenters. The molecule has 2 aromatic carbocycles. The normalized spacial score (nSPS) is 19.2. The van der Waals surface area contributed by atoms with E-state index in [0.717, 1.165) is 70.0 Å². The smallest absolute Gasteiger partial charge is 0.330 e. The molecule has 222 valence electrons. The van der Waals surface area contributed by atoms with E-state index in [0.29, 0.717) is 18.6 Å². The van der Waals surface area contributed by atoms with Gasteiger partial charge in [-0.05, 0) is 79.7 Å². The summed E-state index contributed by atoms with van der Waals surface area (Å²) in [6, 6.07) is 20.3. The third-order valence-electron chi connectivity index (χ3n) is 8.73. The van der Waals surface area contributed by atoms with Crippen molar-refractivity contribution in [2.45, 2.75) is 122 Å². The highest BCUT2D eigenvalue weighted by molar-refractivity contribution is 5.81. The molecule has 0 spiro atoms. The van der Waals surface area contributed by atoms with Gasteiger partial charge in [0, 0.05) is 6.08 Å². The quantitative estimate of drug-likeness (QED) is 0.104. The molecular formula is C37H51NO3. The van der Waals surface area contributed by atoms with E-state index in [9.17, 15) is 10.1 Å². The average Bonchev–Trinajstić information content (AvgIpc) is 3.02. The van der Waals surface area contributed by atoms with Crippen molar-refractivity contribution in [3.05, 3.63) is 66.7 Å². The lowest BCUT2D eigenvalue weighted by atomic mass is 9.66. The van der Waals surface area contributed by atoms with Crippen molar-refractivity contribution in [2.75, 3.05) is 6.61 Å². The zero-order chi connectivity index (χ0) is 29.3. The molecule has 0 bridgehead atoms. The maximum atomic E-state index is 11.1. The SMILES string of the molecule is C=CC(=O)OCCCCCCCCCC1(C#N)CCCC(c2ccc(-c3ccc(OC(CC)CCC)cc3)cc2)C1. The Morgan fingerprint density at radius 3 is 2.24 bits per heavy atom. The first-order valence-electron chi connectivity index (χ1n) is 16.1. The first-order chi connectivity index (χ1) is 20.0. The Hall–Kier alpha value is -3.06. The van der Waals surface area contributed by atoms with Crippen LogP contribution in [0.3, 0.4) is 0 Å². The number of ether oxygens (including phenoxy) is 2. The molecule has 0 amide bonds. The van der Waals surface area contributed by atoms with Crippen LogP contribution < -0.4 is 4.74 Å². The van der Waals surface area contributed by atoms with Gasteiger partial charge in [0.05, 0.1) is 24.2 Å². The fraction of sp³-hybridized carbons (Fsp3) is 0.568. The summed E-state index contributed by atoms with van der Waals surface area (Å²) in [6.07, 6.45) is 18.0. The first kappa shape index (κ1) is 32.5. The Morgan fingerprint density at radius 1 is 1.00 bits per heavy atom. The van der Waals surface area contributed by atoms with Gasteiger partial charge in [-0.25, -0.2) is 4.79 Å². The number of carbonyl (C=O) groups excluding carboxylic acids is 1. The molecule has 0 aliphatic heterocycles. The van der Waals surface area contributed by atoms with E-state index in [1.54, 1.807) is 0 Å². The van der Waals surface area contributed by atoms with Crippen LogP contribution in [0.4, 0.5) is 0 Å². The van der Waals surface area contributed by atoms with Crippen LogP contribution in [0.5, 0.6) is 5.75 Å². The van der Waals surface area contributed by atoms with Crippen molar-refractivity contribution in [3.63, 3.8) is 0 Å². The van der Waals surface area contributed by atoms with Gasteiger partial charge in [0.2, 0.25) is 0 Å². The maximum absolute atomic E-state index is 11.1. The summed E-state index contributed by atoms with van der Waals surface area (Å²) in [6.45, 7) is 8.28. The van der Waals surface area contributed by atoms with E-state index in [1.165, 1.54) is 54.9 Å². The van der Waals surface area contributed by atoms with Crippen LogP contribution in [-0.4, -0.2) is 18.7 Å². The van der Waals surface area contributed by atoms with Crippen molar-refractivity contribution in [2.24, 2.45) is 5.41 Å². The molecule has 0 heterocycles. The zero-order valence-electron chi connectivity index (χ0n) is 25.5. The second-order valence-electron chi connectivity index (χ2n) is 11.9. The van der Waals surface area contributed by atoms with Crippen molar-refractivity contribution in [1.82, 2.24) is 0 Å². The topological polar surface area (TPSA) is 59.3 Å². The minimum absolute atomic E-state index is 0.180. The lowest BCUT2D eigenvalue weighted by Crippen LogP contribution is -2.26. The van der Waals surface area contributed by atoms with E-state index >= 15 is 0 Å². The van der Waals surface area contributed by atoms with Crippen LogP contribution in [0.15, 0.2) is 61.2 Å². The number of hydrogen-bond donors (Lipinski definition) is 0. The van der Waals surface area contributed by atoms with Gasteiger partial charge in [-0.2, -0.15) is 5.26 Å². The largest absolute Gasteiger partial charge is 0.490 e. The minimum Gasteiger partial charge on any atom is -0.490 e. The van der Waals surface area contributed by atoms with Gasteiger partial charge in [0.15, 0.2) is 0 Å². The van der Waals surface area contributed by atoms with E-state index in [4.69, 9.17) is 9.47 Å². The Bertz CT molecular complexity index is 1080. The van der Waals surface area contributed by atoms with E-state index in [1.807, 2.05) is 0 Å². The number of carbonyl (C=O) groups is 1. The van der Waals surface area contributed by atoms with Crippen LogP contribution in [0.1, 0.15) is 122 Å². The molecule has 2 aromatic rings. The average molecular weight is 558 g/mol. The number of nitrogens with zero attached hydrogens (tertiary/aromatic N) is 1. The van der Waals surface area contributed by atoms with Gasteiger partial charge in [0.1, 0.15) is 5.75 Å². The highest BCUT2D eigenvalue weighted by atomic mass is 16.5. The number of nitriles is 1. The standard InChI is InChI=1S/C37H51NO3/c1-4-15-34(5-2)41-35-23-21-31(22-24-35)30-17-19-32(20-18-30)33-16-14-26-37(28-33,29-38)25-12-10-8-7-9-11-13-27-40-36(39)6-3/h6,17-24,33-34H,3-5,7-16,25-28H2,1-2H3. The molecule has 0 N–H and O–H groups in total. The van der Waals surface area contributed by atoms with Crippen LogP contribution >= 0.6 is 0 Å². The van der Waals surface area contributed by atoms with Gasteiger partial charge in [-0.15, -0.1) is 0 Å². The fourth-order valence-electron chi connectivity index (χ4n) is 6.25. The summed E-state index contributed by atoms with van der Waals surface area (Å²) in [4.78, 5) is 11.1. The molecule has 4 nitrogen and oxygen atoms in total. The molecule has 4 heteroatoms. The lowest BCUT2D eigenvalue weighted by Gasteiger charge is -2.36. The monoisotopic (exact) mass is 557 g/mol. The van der Waals surface area contributed by atoms with E-state index in [2.05, 4.69) is 75.0 Å². The number of benzene rings is 2. The molecular weight excluding hydrogens is 506 g/mol. The number of esters is 1. The maximum Gasteiger partial charge on any atom is 0.330 e. The summed E-state index contributed by atoms with van der Waals surface area (Å²) in [7, 11) is 0. The Balaban J connectivity index is 1.43. The molecule has 1 fully saturated rings. The molecule has 1 aliphatic carbocycles. The Morgan fingerprint density at radius 2 is 1.63 bits per heavy atom. The van der Waals surface area contributed by atoms with Crippen molar-refractivity contribution < 1.29 is 14.3 Å². The molecule has 3 rings (SSSR count). The van der Waals surface area contributed by atoms with E-state index in [-0.39, 0.29) is 11.4 Å². The van der Waals surface area contributed by atoms with Gasteiger partial charge in [-0.1, -0.05) is 108 Å². The van der Waals surface area contributed by atoms with Crippen LogP contribution in [0.25, 0.3) is 11.1 Å². The first-order valence-corrected chi connectivity index (χ1v) is 16.1. The second-order valence-corrected chi connectivity index (χ2v) is 11.9. The van der Waals surface area contributed by atoms with Gasteiger partial charge >= 0.3 is 5.97 Å². The molecule has 1 aliphatic rings. The van der Waals surface area contributed by atoms with Crippen LogP contribution in [-0.2, 0) is 9.53 Å². The molecule has 0 aromatic heterocycles. The third-order valence-corrected chi connectivity index (χ3v) is 8.73. The summed E-state index contributed by atoms with van der Waals surface area (Å²) in [5, 5.41) is 10.2. The predicted octanol–water partition coefficient (Wildman–Crippen LogP) is 10.3. The van der Waals surface area contributed by atoms with E-state index < -0.39 is 0 Å². The summed E-state index contributed by atoms with van der Waals surface area (Å²) in [5.41, 5.74) is 3.62.